The molecule has 5 N–H and O–H groups in total. The molecule has 0 spiro atoms. The van der Waals surface area contributed by atoms with E-state index < -0.39 is 58.7 Å². The summed E-state index contributed by atoms with van der Waals surface area (Å²) < 4.78 is 53.2. The molecule has 0 bridgehead atoms. The SMILES string of the molecule is CC(C)(C)C(c1cc(-c2cc(F)ccc2F)cn1Cc1ccccc1)N(CCCN)C(=O)CSC[C@H](NC(=O)CCOCCOCCOCCOCCNC(=O)CN1C(=O)C=CC1=O)C(=O)O. The third-order valence-corrected chi connectivity index (χ3v) is 11.2. The Bertz CT molecular complexity index is 2120. The fourth-order valence-corrected chi connectivity index (χ4v) is 7.96. The fourth-order valence-electron chi connectivity index (χ4n) is 7.04. The van der Waals surface area contributed by atoms with Crippen molar-refractivity contribution < 1.29 is 61.6 Å². The summed E-state index contributed by atoms with van der Waals surface area (Å²) in [7, 11) is 0. The Morgan fingerprint density at radius 2 is 1.48 bits per heavy atom. The average molecular weight is 957 g/mol. The maximum atomic E-state index is 15.1. The maximum absolute atomic E-state index is 15.1. The molecule has 3 aromatic rings. The van der Waals surface area contributed by atoms with E-state index in [1.807, 2.05) is 55.7 Å². The number of aromatic nitrogens is 1. The minimum atomic E-state index is -1.27. The molecule has 0 fully saturated rings. The van der Waals surface area contributed by atoms with Gasteiger partial charge < -0.3 is 49.9 Å². The van der Waals surface area contributed by atoms with Gasteiger partial charge in [0.15, 0.2) is 0 Å². The summed E-state index contributed by atoms with van der Waals surface area (Å²) in [5, 5.41) is 15.0. The number of thioether (sulfide) groups is 1. The first-order chi connectivity index (χ1) is 32.1. The van der Waals surface area contributed by atoms with Crippen LogP contribution >= 0.6 is 11.8 Å². The summed E-state index contributed by atoms with van der Waals surface area (Å²) in [6.45, 7) is 8.61. The summed E-state index contributed by atoms with van der Waals surface area (Å²) in [6, 6.07) is 12.9. The molecule has 1 aliphatic rings. The molecule has 0 saturated heterocycles. The van der Waals surface area contributed by atoms with Crippen LogP contribution < -0.4 is 16.4 Å². The third-order valence-electron chi connectivity index (χ3n) is 10.2. The number of carboxylic acids is 1. The highest BCUT2D eigenvalue weighted by Crippen LogP contribution is 2.41. The quantitative estimate of drug-likeness (QED) is 0.0537. The molecule has 1 aliphatic heterocycles. The zero-order chi connectivity index (χ0) is 48.8. The molecule has 0 radical (unpaired) electrons. The molecule has 2 aromatic carbocycles. The molecule has 2 atom stereocenters. The number of rotatable bonds is 31. The number of nitrogens with one attached hydrogen (secondary N) is 2. The van der Waals surface area contributed by atoms with Crippen LogP contribution in [0.4, 0.5) is 8.78 Å². The van der Waals surface area contributed by atoms with E-state index in [0.29, 0.717) is 44.0 Å². The molecule has 2 heterocycles. The van der Waals surface area contributed by atoms with Crippen molar-refractivity contribution in [3.8, 4) is 11.1 Å². The van der Waals surface area contributed by atoms with Crippen molar-refractivity contribution in [1.29, 1.82) is 0 Å². The van der Waals surface area contributed by atoms with Gasteiger partial charge in [0.05, 0.1) is 64.6 Å². The van der Waals surface area contributed by atoms with Gasteiger partial charge in [-0.3, -0.25) is 28.9 Å². The van der Waals surface area contributed by atoms with Gasteiger partial charge in [0, 0.05) is 67.0 Å². The van der Waals surface area contributed by atoms with Gasteiger partial charge in [0.1, 0.15) is 24.2 Å². The first-order valence-corrected chi connectivity index (χ1v) is 23.1. The van der Waals surface area contributed by atoms with Crippen LogP contribution in [0.2, 0.25) is 0 Å². The van der Waals surface area contributed by atoms with Crippen molar-refractivity contribution in [2.24, 2.45) is 11.1 Å². The van der Waals surface area contributed by atoms with Crippen LogP contribution in [0.15, 0.2) is 72.9 Å². The molecule has 67 heavy (non-hydrogen) atoms. The second-order valence-corrected chi connectivity index (χ2v) is 17.5. The smallest absolute Gasteiger partial charge is 0.327 e. The zero-order valence-corrected chi connectivity index (χ0v) is 39.0. The molecular weight excluding hydrogens is 895 g/mol. The lowest BCUT2D eigenvalue weighted by molar-refractivity contribution is -0.141. The largest absolute Gasteiger partial charge is 0.480 e. The predicted molar refractivity (Wildman–Crippen MR) is 247 cm³/mol. The van der Waals surface area contributed by atoms with Crippen molar-refractivity contribution in [3.63, 3.8) is 0 Å². The lowest BCUT2D eigenvalue weighted by Crippen LogP contribution is -2.45. The van der Waals surface area contributed by atoms with Gasteiger partial charge in [-0.2, -0.15) is 0 Å². The van der Waals surface area contributed by atoms with Gasteiger partial charge in [0.2, 0.25) is 17.7 Å². The van der Waals surface area contributed by atoms with Crippen molar-refractivity contribution in [1.82, 2.24) is 25.0 Å². The van der Waals surface area contributed by atoms with Crippen LogP contribution in [0.5, 0.6) is 0 Å². The maximum Gasteiger partial charge on any atom is 0.327 e. The van der Waals surface area contributed by atoms with E-state index in [-0.39, 0.29) is 88.7 Å². The molecule has 4 rings (SSSR count). The predicted octanol–water partition coefficient (Wildman–Crippen LogP) is 3.55. The number of benzene rings is 2. The second-order valence-electron chi connectivity index (χ2n) is 16.5. The van der Waals surface area contributed by atoms with E-state index >= 15 is 4.39 Å². The summed E-state index contributed by atoms with van der Waals surface area (Å²) >= 11 is 1.08. The van der Waals surface area contributed by atoms with Crippen molar-refractivity contribution in [2.45, 2.75) is 52.2 Å². The van der Waals surface area contributed by atoms with Crippen LogP contribution in [0.25, 0.3) is 11.1 Å². The Balaban J connectivity index is 1.18. The van der Waals surface area contributed by atoms with Crippen LogP contribution in [0.1, 0.15) is 50.9 Å². The third kappa shape index (κ3) is 18.2. The number of hydrogen-bond donors (Lipinski definition) is 4. The molecule has 0 aliphatic carbocycles. The van der Waals surface area contributed by atoms with E-state index in [0.717, 1.165) is 52.6 Å². The van der Waals surface area contributed by atoms with Crippen LogP contribution in [0, 0.1) is 17.0 Å². The summed E-state index contributed by atoms with van der Waals surface area (Å²) in [5.41, 5.74) is 7.58. The van der Waals surface area contributed by atoms with E-state index in [1.165, 1.54) is 0 Å². The summed E-state index contributed by atoms with van der Waals surface area (Å²) in [5.74, 6) is -4.95. The molecule has 20 heteroatoms. The van der Waals surface area contributed by atoms with Gasteiger partial charge in [-0.1, -0.05) is 51.1 Å². The Kier molecular flexibility index (Phi) is 22.6. The number of nitrogens with two attached hydrogens (primary N) is 1. The molecule has 17 nitrogen and oxygen atoms in total. The number of amides is 5. The van der Waals surface area contributed by atoms with Gasteiger partial charge >= 0.3 is 5.97 Å². The highest BCUT2D eigenvalue weighted by Gasteiger charge is 2.37. The van der Waals surface area contributed by atoms with Crippen LogP contribution in [-0.4, -0.2) is 152 Å². The molecule has 1 aromatic heterocycles. The normalized spacial score (nSPS) is 13.5. The molecule has 0 saturated carbocycles. The zero-order valence-electron chi connectivity index (χ0n) is 38.2. The van der Waals surface area contributed by atoms with Crippen molar-refractivity contribution in [2.75, 3.05) is 90.5 Å². The Hall–Kier alpha value is -5.51. The highest BCUT2D eigenvalue weighted by atomic mass is 32.2. The number of carbonyl (C=O) groups is 6. The monoisotopic (exact) mass is 956 g/mol. The Morgan fingerprint density at radius 3 is 2.09 bits per heavy atom. The minimum absolute atomic E-state index is 0.0248. The number of carboxylic acid groups (broad SMARTS) is 1. The second kappa shape index (κ2) is 28.0. The number of carbonyl (C=O) groups excluding carboxylic acids is 5. The number of ether oxygens (including phenoxy) is 4. The number of halogens is 2. The number of nitrogens with zero attached hydrogens (tertiary/aromatic N) is 3. The van der Waals surface area contributed by atoms with E-state index in [2.05, 4.69) is 10.6 Å². The lowest BCUT2D eigenvalue weighted by atomic mass is 9.83. The van der Waals surface area contributed by atoms with Gasteiger partial charge in [-0.15, -0.1) is 11.8 Å². The standard InChI is InChI=1S/C47H62F2N6O11S/c1-47(2,3)45(39-26-34(36-27-35(48)10-11-37(36)49)29-53(39)28-33-8-5-4-6-9-33)54(17-7-15-50)44(60)32-67-31-38(46(61)62)52-40(56)14-18-63-20-22-65-24-25-66-23-21-64-19-16-51-41(57)30-55-42(58)12-13-43(55)59/h4-6,8-13,26-27,29,38,45H,7,14-25,28,30-32,50H2,1-3H3,(H,51,57)(H,52,56)(H,61,62)/t38-,45?/m0/s1. The number of imide groups is 1. The minimum Gasteiger partial charge on any atom is -0.480 e. The molecular formula is C47H62F2N6O11S. The van der Waals surface area contributed by atoms with E-state index in [9.17, 15) is 38.3 Å². The number of hydrogen-bond acceptors (Lipinski definition) is 12. The fraction of sp³-hybridized carbons (Fsp3) is 0.489. The van der Waals surface area contributed by atoms with Gasteiger partial charge in [0.25, 0.3) is 11.8 Å². The summed E-state index contributed by atoms with van der Waals surface area (Å²) in [4.78, 5) is 76.5. The summed E-state index contributed by atoms with van der Waals surface area (Å²) in [6.07, 6.45) is 4.36. The average Bonchev–Trinajstić information content (AvgIpc) is 3.83. The van der Waals surface area contributed by atoms with E-state index in [4.69, 9.17) is 24.7 Å². The first kappa shape index (κ1) is 54.1. The highest BCUT2D eigenvalue weighted by molar-refractivity contribution is 8.00. The Labute approximate surface area is 393 Å². The van der Waals surface area contributed by atoms with Gasteiger partial charge in [-0.25, -0.2) is 13.6 Å². The van der Waals surface area contributed by atoms with Crippen LogP contribution in [0.3, 0.4) is 0 Å². The van der Waals surface area contributed by atoms with Crippen LogP contribution in [-0.2, 0) is 54.3 Å². The lowest BCUT2D eigenvalue weighted by Gasteiger charge is -2.41. The number of aliphatic carboxylic acids is 1. The van der Waals surface area contributed by atoms with Gasteiger partial charge in [-0.05, 0) is 48.2 Å². The topological polar surface area (TPSA) is 221 Å². The molecule has 366 valence electrons. The Morgan fingerprint density at radius 1 is 0.851 bits per heavy atom. The first-order valence-electron chi connectivity index (χ1n) is 22.0. The molecule has 5 amide bonds. The van der Waals surface area contributed by atoms with Crippen molar-refractivity contribution >= 4 is 47.3 Å². The molecule has 1 unspecified atom stereocenters. The van der Waals surface area contributed by atoms with Crippen molar-refractivity contribution in [3.05, 3.63) is 95.8 Å². The van der Waals surface area contributed by atoms with E-state index in [1.54, 1.807) is 17.2 Å².